The van der Waals surface area contributed by atoms with E-state index in [0.29, 0.717) is 17.5 Å². The third kappa shape index (κ3) is 5.76. The number of carbonyl (C=O) groups excluding carboxylic acids is 1. The summed E-state index contributed by atoms with van der Waals surface area (Å²) in [4.78, 5) is 12.2. The molecule has 3 rings (SSSR count). The maximum atomic E-state index is 13.7. The maximum absolute atomic E-state index is 13.7. The van der Waals surface area contributed by atoms with Crippen molar-refractivity contribution >= 4 is 11.7 Å². The van der Waals surface area contributed by atoms with E-state index in [4.69, 9.17) is 4.74 Å². The first-order valence-electron chi connectivity index (χ1n) is 8.96. The van der Waals surface area contributed by atoms with Gasteiger partial charge in [-0.3, -0.25) is 0 Å². The van der Waals surface area contributed by atoms with E-state index < -0.39 is 23.8 Å². The van der Waals surface area contributed by atoms with Gasteiger partial charge in [-0.25, -0.2) is 13.6 Å². The summed E-state index contributed by atoms with van der Waals surface area (Å²) in [5.41, 5.74) is 1.21. The van der Waals surface area contributed by atoms with E-state index in [0.717, 1.165) is 17.7 Å². The molecule has 0 radical (unpaired) electrons. The summed E-state index contributed by atoms with van der Waals surface area (Å²) in [5, 5.41) is 15.2. The molecule has 3 N–H and O–H groups in total. The van der Waals surface area contributed by atoms with E-state index in [-0.39, 0.29) is 18.7 Å². The summed E-state index contributed by atoms with van der Waals surface area (Å²) in [6.45, 7) is 0.0148. The number of hydrogen-bond donors (Lipinski definition) is 3. The number of hydrogen-bond acceptors (Lipinski definition) is 3. The molecule has 7 heteroatoms. The Morgan fingerprint density at radius 3 is 2.48 bits per heavy atom. The van der Waals surface area contributed by atoms with Crippen LogP contribution in [0.2, 0.25) is 0 Å². The molecule has 1 atom stereocenters. The van der Waals surface area contributed by atoms with Gasteiger partial charge in [0.05, 0.1) is 6.10 Å². The van der Waals surface area contributed by atoms with Crippen molar-refractivity contribution in [2.24, 2.45) is 0 Å². The number of aliphatic hydroxyl groups is 1. The van der Waals surface area contributed by atoms with Gasteiger partial charge in [-0.1, -0.05) is 42.5 Å². The zero-order valence-corrected chi connectivity index (χ0v) is 15.4. The molecule has 0 aliphatic carbocycles. The number of carbonyl (C=O) groups is 1. The number of para-hydroxylation sites is 2. The van der Waals surface area contributed by atoms with Crippen molar-refractivity contribution in [1.29, 1.82) is 0 Å². The molecule has 0 bridgehead atoms. The van der Waals surface area contributed by atoms with Crippen LogP contribution in [0.15, 0.2) is 72.8 Å². The van der Waals surface area contributed by atoms with E-state index in [1.165, 1.54) is 0 Å². The SMILES string of the molecule is O=C(NCC(O)c1ccc(F)cc1F)Nc1ccccc1COc1ccccc1. The fraction of sp³-hybridized carbons (Fsp3) is 0.136. The molecule has 0 fully saturated rings. The van der Waals surface area contributed by atoms with E-state index in [2.05, 4.69) is 10.6 Å². The molecule has 0 aromatic heterocycles. The molecule has 29 heavy (non-hydrogen) atoms. The van der Waals surface area contributed by atoms with Crippen LogP contribution in [0.3, 0.4) is 0 Å². The zero-order valence-electron chi connectivity index (χ0n) is 15.4. The molecule has 0 spiro atoms. The smallest absolute Gasteiger partial charge is 0.319 e. The number of ether oxygens (including phenoxy) is 1. The highest BCUT2D eigenvalue weighted by atomic mass is 19.1. The normalized spacial score (nSPS) is 11.6. The second-order valence-corrected chi connectivity index (χ2v) is 6.28. The van der Waals surface area contributed by atoms with Gasteiger partial charge >= 0.3 is 6.03 Å². The third-order valence-corrected chi connectivity index (χ3v) is 4.18. The summed E-state index contributed by atoms with van der Waals surface area (Å²) in [5.74, 6) is -0.905. The molecule has 1 unspecified atom stereocenters. The van der Waals surface area contributed by atoms with E-state index in [1.807, 2.05) is 42.5 Å². The first-order chi connectivity index (χ1) is 14.0. The number of nitrogens with one attached hydrogen (secondary N) is 2. The van der Waals surface area contributed by atoms with Gasteiger partial charge in [-0.2, -0.15) is 0 Å². The number of urea groups is 1. The quantitative estimate of drug-likeness (QED) is 0.553. The van der Waals surface area contributed by atoms with Gasteiger partial charge in [0.25, 0.3) is 0 Å². The van der Waals surface area contributed by atoms with E-state index >= 15 is 0 Å². The van der Waals surface area contributed by atoms with Crippen LogP contribution < -0.4 is 15.4 Å². The number of anilines is 1. The predicted octanol–water partition coefficient (Wildman–Crippen LogP) is 4.40. The molecule has 0 aliphatic rings. The van der Waals surface area contributed by atoms with Gasteiger partial charge < -0.3 is 20.5 Å². The molecule has 3 aromatic carbocycles. The second-order valence-electron chi connectivity index (χ2n) is 6.28. The minimum Gasteiger partial charge on any atom is -0.489 e. The summed E-state index contributed by atoms with van der Waals surface area (Å²) >= 11 is 0. The molecule has 0 saturated carbocycles. The fourth-order valence-electron chi connectivity index (χ4n) is 2.68. The Hall–Kier alpha value is -3.45. The lowest BCUT2D eigenvalue weighted by molar-refractivity contribution is 0.170. The van der Waals surface area contributed by atoms with Crippen LogP contribution in [-0.2, 0) is 6.61 Å². The second kappa shape index (κ2) is 9.66. The monoisotopic (exact) mass is 398 g/mol. The predicted molar refractivity (Wildman–Crippen MR) is 106 cm³/mol. The summed E-state index contributed by atoms with van der Waals surface area (Å²) in [6, 6.07) is 18.7. The lowest BCUT2D eigenvalue weighted by Crippen LogP contribution is -2.33. The van der Waals surface area contributed by atoms with Crippen molar-refractivity contribution in [3.63, 3.8) is 0 Å². The van der Waals surface area contributed by atoms with Crippen LogP contribution in [-0.4, -0.2) is 17.7 Å². The van der Waals surface area contributed by atoms with Gasteiger partial charge in [0.2, 0.25) is 0 Å². The number of rotatable bonds is 7. The van der Waals surface area contributed by atoms with Gasteiger partial charge in [-0.05, 0) is 24.3 Å². The Morgan fingerprint density at radius 1 is 1.00 bits per heavy atom. The highest BCUT2D eigenvalue weighted by molar-refractivity contribution is 5.90. The van der Waals surface area contributed by atoms with Crippen molar-refractivity contribution in [3.05, 3.63) is 95.6 Å². The van der Waals surface area contributed by atoms with Crippen LogP contribution in [0.5, 0.6) is 5.75 Å². The highest BCUT2D eigenvalue weighted by Gasteiger charge is 2.15. The summed E-state index contributed by atoms with van der Waals surface area (Å²) in [7, 11) is 0. The molecule has 0 heterocycles. The van der Waals surface area contributed by atoms with Crippen molar-refractivity contribution in [2.45, 2.75) is 12.7 Å². The topological polar surface area (TPSA) is 70.6 Å². The minimum atomic E-state index is -1.31. The first-order valence-corrected chi connectivity index (χ1v) is 8.96. The van der Waals surface area contributed by atoms with Crippen LogP contribution in [0, 0.1) is 11.6 Å². The largest absolute Gasteiger partial charge is 0.489 e. The van der Waals surface area contributed by atoms with Crippen molar-refractivity contribution in [3.8, 4) is 5.75 Å². The molecule has 2 amide bonds. The standard InChI is InChI=1S/C22H20F2N2O3/c23-16-10-11-18(19(24)12-16)21(27)13-25-22(28)26-20-9-5-4-6-15(20)14-29-17-7-2-1-3-8-17/h1-12,21,27H,13-14H2,(H2,25,26,28). The Balaban J connectivity index is 1.56. The van der Waals surface area contributed by atoms with Crippen molar-refractivity contribution in [2.75, 3.05) is 11.9 Å². The Morgan fingerprint density at radius 2 is 1.72 bits per heavy atom. The van der Waals surface area contributed by atoms with E-state index in [1.54, 1.807) is 12.1 Å². The Bertz CT molecular complexity index is 967. The van der Waals surface area contributed by atoms with Crippen molar-refractivity contribution < 1.29 is 23.4 Å². The lowest BCUT2D eigenvalue weighted by atomic mass is 10.1. The van der Waals surface area contributed by atoms with Crippen LogP contribution >= 0.6 is 0 Å². The van der Waals surface area contributed by atoms with Gasteiger partial charge in [0, 0.05) is 29.4 Å². The molecule has 5 nitrogen and oxygen atoms in total. The number of halogens is 2. The number of amides is 2. The Kier molecular flexibility index (Phi) is 6.76. The summed E-state index contributed by atoms with van der Waals surface area (Å²) < 4.78 is 32.4. The zero-order chi connectivity index (χ0) is 20.6. The first kappa shape index (κ1) is 20.3. The van der Waals surface area contributed by atoms with Gasteiger partial charge in [0.1, 0.15) is 24.0 Å². The molecular weight excluding hydrogens is 378 g/mol. The fourth-order valence-corrected chi connectivity index (χ4v) is 2.68. The molecular formula is C22H20F2N2O3. The average molecular weight is 398 g/mol. The van der Waals surface area contributed by atoms with E-state index in [9.17, 15) is 18.7 Å². The number of aliphatic hydroxyl groups excluding tert-OH is 1. The van der Waals surface area contributed by atoms with Crippen LogP contribution in [0.1, 0.15) is 17.2 Å². The molecule has 3 aromatic rings. The van der Waals surface area contributed by atoms with Gasteiger partial charge in [0.15, 0.2) is 0 Å². The van der Waals surface area contributed by atoms with Gasteiger partial charge in [-0.15, -0.1) is 0 Å². The maximum Gasteiger partial charge on any atom is 0.319 e. The van der Waals surface area contributed by atoms with Crippen LogP contribution in [0.25, 0.3) is 0 Å². The Labute approximate surface area is 167 Å². The summed E-state index contributed by atoms with van der Waals surface area (Å²) in [6.07, 6.45) is -1.31. The number of benzene rings is 3. The lowest BCUT2D eigenvalue weighted by Gasteiger charge is -2.15. The van der Waals surface area contributed by atoms with Crippen LogP contribution in [0.4, 0.5) is 19.3 Å². The minimum absolute atomic E-state index is 0.0941. The molecule has 0 saturated heterocycles. The molecule has 150 valence electrons. The highest BCUT2D eigenvalue weighted by Crippen LogP contribution is 2.19. The van der Waals surface area contributed by atoms with Crippen molar-refractivity contribution in [1.82, 2.24) is 5.32 Å². The third-order valence-electron chi connectivity index (χ3n) is 4.18. The molecule has 0 aliphatic heterocycles. The average Bonchev–Trinajstić information content (AvgIpc) is 2.72.